The van der Waals surface area contributed by atoms with Crippen LogP contribution in [0.1, 0.15) is 79.6 Å². The first kappa shape index (κ1) is 26.6. The van der Waals surface area contributed by atoms with Gasteiger partial charge in [0, 0.05) is 25.7 Å². The highest BCUT2D eigenvalue weighted by atomic mass is 16.6. The quantitative estimate of drug-likeness (QED) is 0.278. The molecule has 1 aliphatic heterocycles. The molecule has 1 saturated heterocycles. The summed E-state index contributed by atoms with van der Waals surface area (Å²) in [7, 11) is 1.41. The Morgan fingerprint density at radius 3 is 2.53 bits per heavy atom. The van der Waals surface area contributed by atoms with Crippen molar-refractivity contribution in [2.45, 2.75) is 104 Å². The van der Waals surface area contributed by atoms with Crippen molar-refractivity contribution in [1.82, 2.24) is 0 Å². The molecule has 0 bridgehead atoms. The molecule has 1 aliphatic carbocycles. The summed E-state index contributed by atoms with van der Waals surface area (Å²) in [5, 5.41) is 10.8. The summed E-state index contributed by atoms with van der Waals surface area (Å²) < 4.78 is 16.6. The molecule has 6 heteroatoms. The van der Waals surface area contributed by atoms with Crippen LogP contribution in [-0.2, 0) is 23.8 Å². The Bertz CT molecular complexity index is 690. The molecule has 0 aromatic carbocycles. The number of esters is 2. The van der Waals surface area contributed by atoms with Crippen molar-refractivity contribution in [3.63, 3.8) is 0 Å². The summed E-state index contributed by atoms with van der Waals surface area (Å²) in [5.41, 5.74) is 0.959. The highest BCUT2D eigenvalue weighted by Crippen LogP contribution is 2.46. The van der Waals surface area contributed by atoms with Gasteiger partial charge in [0.25, 0.3) is 0 Å². The fraction of sp³-hybridized carbons (Fsp3) is 0.769. The summed E-state index contributed by atoms with van der Waals surface area (Å²) in [5.74, 6) is -0.140. The smallest absolute Gasteiger partial charge is 0.305 e. The molecule has 6 nitrogen and oxygen atoms in total. The molecule has 0 aromatic rings. The summed E-state index contributed by atoms with van der Waals surface area (Å²) >= 11 is 0. The van der Waals surface area contributed by atoms with Gasteiger partial charge >= 0.3 is 11.9 Å². The van der Waals surface area contributed by atoms with E-state index in [2.05, 4.69) is 39.8 Å². The lowest BCUT2D eigenvalue weighted by Gasteiger charge is -2.28. The van der Waals surface area contributed by atoms with Crippen molar-refractivity contribution in [1.29, 1.82) is 0 Å². The minimum atomic E-state index is -0.591. The number of allylic oxidation sites excluding steroid dienone is 2. The molecular weight excluding hydrogens is 408 g/mol. The van der Waals surface area contributed by atoms with Gasteiger partial charge in [-0.3, -0.25) is 9.59 Å². The Morgan fingerprint density at radius 1 is 1.19 bits per heavy atom. The SMILES string of the molecule is COC(=O)CCCC[C@@H]1C[C@@H]2[C@@H](/C=C/[C@@H](O)C(C)(C)CC=C(C)C)[C@H](OC(C)=O)C[C@@H]2O1. The van der Waals surface area contributed by atoms with Crippen LogP contribution >= 0.6 is 0 Å². The van der Waals surface area contributed by atoms with Crippen molar-refractivity contribution in [3.05, 3.63) is 23.8 Å². The fourth-order valence-corrected chi connectivity index (χ4v) is 4.77. The van der Waals surface area contributed by atoms with Crippen LogP contribution in [-0.4, -0.2) is 48.6 Å². The van der Waals surface area contributed by atoms with E-state index in [0.717, 1.165) is 32.1 Å². The van der Waals surface area contributed by atoms with E-state index in [1.807, 2.05) is 6.08 Å². The van der Waals surface area contributed by atoms with Crippen LogP contribution in [0, 0.1) is 17.3 Å². The minimum Gasteiger partial charge on any atom is -0.469 e. The number of aliphatic hydroxyl groups is 1. The maximum absolute atomic E-state index is 11.6. The fourth-order valence-electron chi connectivity index (χ4n) is 4.77. The lowest BCUT2D eigenvalue weighted by molar-refractivity contribution is -0.148. The zero-order valence-electron chi connectivity index (χ0n) is 20.6. The van der Waals surface area contributed by atoms with Gasteiger partial charge in [0.1, 0.15) is 6.10 Å². The number of methoxy groups -OCH3 is 1. The number of aliphatic hydroxyl groups excluding tert-OH is 1. The Kier molecular flexibility index (Phi) is 9.96. The second-order valence-electron chi connectivity index (χ2n) is 10.3. The van der Waals surface area contributed by atoms with Gasteiger partial charge in [0.2, 0.25) is 0 Å². The highest BCUT2D eigenvalue weighted by Gasteiger charge is 2.49. The van der Waals surface area contributed by atoms with Crippen molar-refractivity contribution in [2.75, 3.05) is 7.11 Å². The molecule has 182 valence electrons. The number of unbranched alkanes of at least 4 members (excludes halogenated alkanes) is 1. The van der Waals surface area contributed by atoms with Crippen LogP contribution in [0.3, 0.4) is 0 Å². The monoisotopic (exact) mass is 450 g/mol. The first-order valence-corrected chi connectivity index (χ1v) is 11.9. The molecule has 0 aromatic heterocycles. The van der Waals surface area contributed by atoms with Gasteiger partial charge in [0.05, 0.1) is 25.4 Å². The molecule has 0 unspecified atom stereocenters. The largest absolute Gasteiger partial charge is 0.469 e. The molecule has 32 heavy (non-hydrogen) atoms. The summed E-state index contributed by atoms with van der Waals surface area (Å²) in [6.07, 6.45) is 11.0. The van der Waals surface area contributed by atoms with Crippen LogP contribution in [0.15, 0.2) is 23.8 Å². The third-order valence-electron chi connectivity index (χ3n) is 6.82. The molecule has 1 N–H and O–H groups in total. The van der Waals surface area contributed by atoms with Crippen LogP contribution in [0.25, 0.3) is 0 Å². The van der Waals surface area contributed by atoms with Crippen molar-refractivity contribution in [3.8, 4) is 0 Å². The number of ether oxygens (including phenoxy) is 3. The second-order valence-corrected chi connectivity index (χ2v) is 10.3. The Morgan fingerprint density at radius 2 is 1.91 bits per heavy atom. The Balaban J connectivity index is 1.99. The van der Waals surface area contributed by atoms with Crippen molar-refractivity contribution < 1.29 is 28.9 Å². The van der Waals surface area contributed by atoms with E-state index in [9.17, 15) is 14.7 Å². The number of hydrogen-bond donors (Lipinski definition) is 1. The lowest BCUT2D eigenvalue weighted by atomic mass is 9.81. The topological polar surface area (TPSA) is 82.1 Å². The molecule has 2 aliphatic rings. The molecule has 6 atom stereocenters. The van der Waals surface area contributed by atoms with E-state index >= 15 is 0 Å². The first-order chi connectivity index (χ1) is 15.0. The second kappa shape index (κ2) is 12.0. The van der Waals surface area contributed by atoms with E-state index in [1.165, 1.54) is 19.6 Å². The van der Waals surface area contributed by atoms with Gasteiger partial charge in [-0.2, -0.15) is 0 Å². The normalized spacial score (nSPS) is 28.4. The molecule has 1 heterocycles. The number of hydrogen-bond acceptors (Lipinski definition) is 6. The molecule has 1 saturated carbocycles. The average Bonchev–Trinajstić information content (AvgIpc) is 3.24. The van der Waals surface area contributed by atoms with Crippen molar-refractivity contribution in [2.24, 2.45) is 17.3 Å². The van der Waals surface area contributed by atoms with Gasteiger partial charge in [-0.25, -0.2) is 0 Å². The number of fused-ring (bicyclic) bond motifs is 1. The van der Waals surface area contributed by atoms with Gasteiger partial charge in [-0.1, -0.05) is 44.1 Å². The van der Waals surface area contributed by atoms with Gasteiger partial charge in [-0.05, 0) is 50.9 Å². The van der Waals surface area contributed by atoms with E-state index in [0.29, 0.717) is 12.8 Å². The third kappa shape index (κ3) is 7.73. The first-order valence-electron chi connectivity index (χ1n) is 11.9. The van der Waals surface area contributed by atoms with Gasteiger partial charge in [-0.15, -0.1) is 0 Å². The Labute approximate surface area is 193 Å². The summed E-state index contributed by atoms with van der Waals surface area (Å²) in [4.78, 5) is 22.9. The standard InChI is InChI=1S/C26H42O6/c1-17(2)13-14-26(4,5)24(28)12-11-20-21-15-19(9-7-8-10-25(29)30-6)32-23(21)16-22(20)31-18(3)27/h11-13,19-24,28H,7-10,14-16H2,1-6H3/b12-11+/t19-,20-,21-,22-,23+,24-/m1/s1. The number of carbonyl (C=O) groups is 2. The highest BCUT2D eigenvalue weighted by molar-refractivity contribution is 5.69. The molecule has 2 rings (SSSR count). The average molecular weight is 451 g/mol. The zero-order chi connectivity index (χ0) is 23.9. The molecule has 2 fully saturated rings. The maximum Gasteiger partial charge on any atom is 0.305 e. The van der Waals surface area contributed by atoms with Crippen LogP contribution in [0.4, 0.5) is 0 Å². The van der Waals surface area contributed by atoms with Crippen molar-refractivity contribution >= 4 is 11.9 Å². The summed E-state index contributed by atoms with van der Waals surface area (Å²) in [6, 6.07) is 0. The van der Waals surface area contributed by atoms with Crippen LogP contribution < -0.4 is 0 Å². The van der Waals surface area contributed by atoms with E-state index < -0.39 is 6.10 Å². The number of rotatable bonds is 11. The predicted molar refractivity (Wildman–Crippen MR) is 124 cm³/mol. The van der Waals surface area contributed by atoms with Gasteiger partial charge < -0.3 is 19.3 Å². The number of carbonyl (C=O) groups excluding carboxylic acids is 2. The van der Waals surface area contributed by atoms with Crippen LogP contribution in [0.2, 0.25) is 0 Å². The van der Waals surface area contributed by atoms with E-state index in [-0.39, 0.29) is 47.5 Å². The molecule has 0 radical (unpaired) electrons. The van der Waals surface area contributed by atoms with E-state index in [4.69, 9.17) is 14.2 Å². The van der Waals surface area contributed by atoms with Gasteiger partial charge in [0.15, 0.2) is 0 Å². The summed E-state index contributed by atoms with van der Waals surface area (Å²) in [6.45, 7) is 9.69. The lowest BCUT2D eigenvalue weighted by Crippen LogP contribution is -2.28. The molecule has 0 spiro atoms. The zero-order valence-corrected chi connectivity index (χ0v) is 20.6. The van der Waals surface area contributed by atoms with Crippen LogP contribution in [0.5, 0.6) is 0 Å². The molecular formula is C26H42O6. The predicted octanol–water partition coefficient (Wildman–Crippen LogP) is 4.74. The third-order valence-corrected chi connectivity index (χ3v) is 6.82. The Hall–Kier alpha value is -1.66. The van der Waals surface area contributed by atoms with E-state index in [1.54, 1.807) is 0 Å². The molecule has 0 amide bonds. The maximum atomic E-state index is 11.6. The minimum absolute atomic E-state index is 0.0397.